The molecule has 34 heavy (non-hydrogen) atoms. The first-order valence-corrected chi connectivity index (χ1v) is 11.0. The predicted molar refractivity (Wildman–Crippen MR) is 120 cm³/mol. The van der Waals surface area contributed by atoms with Gasteiger partial charge >= 0.3 is 11.8 Å². The van der Waals surface area contributed by atoms with Gasteiger partial charge in [0.2, 0.25) is 0 Å². The molecule has 11 heteroatoms. The minimum absolute atomic E-state index is 0.0393. The quantitative estimate of drug-likeness (QED) is 0.612. The van der Waals surface area contributed by atoms with E-state index in [4.69, 9.17) is 4.74 Å². The molecule has 0 spiro atoms. The van der Waals surface area contributed by atoms with E-state index in [-0.39, 0.29) is 43.0 Å². The summed E-state index contributed by atoms with van der Waals surface area (Å²) < 4.78 is 19.0. The minimum Gasteiger partial charge on any atom is -0.508 e. The maximum absolute atomic E-state index is 13.1. The number of amidine groups is 1. The molecule has 0 aliphatic carbocycles. The van der Waals surface area contributed by atoms with Crippen LogP contribution in [0.1, 0.15) is 18.4 Å². The average molecular weight is 474 g/mol. The second kappa shape index (κ2) is 9.05. The fourth-order valence-electron chi connectivity index (χ4n) is 4.56. The van der Waals surface area contributed by atoms with E-state index in [0.717, 1.165) is 0 Å². The summed E-state index contributed by atoms with van der Waals surface area (Å²) in [6.45, 7) is 0.658. The van der Waals surface area contributed by atoms with E-state index in [1.807, 2.05) is 4.90 Å². The first kappa shape index (κ1) is 23.7. The van der Waals surface area contributed by atoms with Gasteiger partial charge in [-0.05, 0) is 30.5 Å². The molecule has 1 aromatic carbocycles. The number of ether oxygens (including phenoxy) is 1. The molecule has 3 saturated heterocycles. The summed E-state index contributed by atoms with van der Waals surface area (Å²) >= 11 is 0. The lowest BCUT2D eigenvalue weighted by Gasteiger charge is -2.50. The van der Waals surface area contributed by atoms with E-state index in [1.54, 1.807) is 12.1 Å². The first-order valence-electron chi connectivity index (χ1n) is 11.0. The molecule has 4 heterocycles. The Bertz CT molecular complexity index is 1070. The molecule has 0 aromatic heterocycles. The van der Waals surface area contributed by atoms with Crippen LogP contribution < -0.4 is 5.32 Å². The van der Waals surface area contributed by atoms with Crippen molar-refractivity contribution in [2.24, 2.45) is 4.99 Å². The van der Waals surface area contributed by atoms with Crippen LogP contribution in [0.25, 0.3) is 0 Å². The summed E-state index contributed by atoms with van der Waals surface area (Å²) in [4.78, 5) is 47.2. The van der Waals surface area contributed by atoms with Crippen LogP contribution in [0.2, 0.25) is 0 Å². The second-order valence-electron chi connectivity index (χ2n) is 8.97. The highest BCUT2D eigenvalue weighted by atomic mass is 19.1. The number of benzene rings is 1. The number of aliphatic hydroxyl groups excluding tert-OH is 1. The smallest absolute Gasteiger partial charge is 0.312 e. The molecule has 182 valence electrons. The Hall–Kier alpha value is -3.47. The lowest BCUT2D eigenvalue weighted by atomic mass is 9.83. The Balaban J connectivity index is 1.64. The summed E-state index contributed by atoms with van der Waals surface area (Å²) in [6.07, 6.45) is 1.17. The van der Waals surface area contributed by atoms with E-state index < -0.39 is 23.3 Å². The summed E-state index contributed by atoms with van der Waals surface area (Å²) in [7, 11) is 4.54. The van der Waals surface area contributed by atoms with Crippen LogP contribution in [-0.4, -0.2) is 95.8 Å². The number of likely N-dealkylation sites (N-methyl/N-ethyl adjacent to an activating group) is 2. The Morgan fingerprint density at radius 2 is 1.94 bits per heavy atom. The van der Waals surface area contributed by atoms with Gasteiger partial charge in [-0.25, -0.2) is 9.38 Å². The third-order valence-corrected chi connectivity index (χ3v) is 6.60. The van der Waals surface area contributed by atoms with Gasteiger partial charge in [-0.3, -0.25) is 14.4 Å². The molecule has 2 atom stereocenters. The SMILES string of the molecule is CN(C)C(=O)C(=O)N(C)C12CCC(COC1)N1CC(O)=C(C(=O)NCc3ccc(F)cc3)N=C12. The maximum atomic E-state index is 13.1. The maximum Gasteiger partial charge on any atom is 0.312 e. The lowest BCUT2D eigenvalue weighted by molar-refractivity contribution is -0.152. The summed E-state index contributed by atoms with van der Waals surface area (Å²) in [5.41, 5.74) is -0.523. The Labute approximate surface area is 196 Å². The number of amides is 3. The average Bonchev–Trinajstić information content (AvgIpc) is 3.13. The number of carbonyl (C=O) groups is 3. The Kier molecular flexibility index (Phi) is 6.30. The molecule has 5 rings (SSSR count). The van der Waals surface area contributed by atoms with Gasteiger partial charge in [-0.1, -0.05) is 12.1 Å². The zero-order valence-electron chi connectivity index (χ0n) is 19.4. The fraction of sp³-hybridized carbons (Fsp3) is 0.478. The molecular weight excluding hydrogens is 445 g/mol. The molecule has 3 amide bonds. The van der Waals surface area contributed by atoms with Crippen LogP contribution in [0.3, 0.4) is 0 Å². The number of hydrogen-bond acceptors (Lipinski definition) is 7. The lowest BCUT2D eigenvalue weighted by Crippen LogP contribution is -2.67. The molecular formula is C23H28FN5O5. The number of nitrogens with one attached hydrogen (secondary N) is 1. The van der Waals surface area contributed by atoms with Gasteiger partial charge < -0.3 is 29.9 Å². The number of nitrogens with zero attached hydrogens (tertiary/aromatic N) is 4. The predicted octanol–water partition coefficient (Wildman–Crippen LogP) is 0.404. The molecule has 1 aromatic rings. The normalized spacial score (nSPS) is 23.6. The molecule has 4 aliphatic heterocycles. The standard InChI is InChI=1S/C23H28FN5O5/c1-27(2)20(32)21(33)28(3)23-9-8-16(12-34-13-23)29-11-17(30)18(26-22(23)29)19(31)25-10-14-4-6-15(24)7-5-14/h4-7,16,30H,8-13H2,1-3H3,(H,25,31). The number of halogens is 1. The molecule has 4 aliphatic rings. The highest BCUT2D eigenvalue weighted by molar-refractivity contribution is 6.35. The van der Waals surface area contributed by atoms with E-state index in [0.29, 0.717) is 30.8 Å². The molecule has 10 nitrogen and oxygen atoms in total. The van der Waals surface area contributed by atoms with Crippen molar-refractivity contribution in [1.82, 2.24) is 20.0 Å². The van der Waals surface area contributed by atoms with Crippen molar-refractivity contribution in [2.75, 3.05) is 40.9 Å². The van der Waals surface area contributed by atoms with Gasteiger partial charge in [0.1, 0.15) is 23.0 Å². The van der Waals surface area contributed by atoms with Crippen LogP contribution >= 0.6 is 0 Å². The van der Waals surface area contributed by atoms with E-state index in [9.17, 15) is 23.9 Å². The number of hydrogen-bond donors (Lipinski definition) is 2. The van der Waals surface area contributed by atoms with Crippen molar-refractivity contribution in [1.29, 1.82) is 0 Å². The number of piperidine rings is 1. The molecule has 0 saturated carbocycles. The van der Waals surface area contributed by atoms with Crippen molar-refractivity contribution in [3.8, 4) is 0 Å². The monoisotopic (exact) mass is 473 g/mol. The van der Waals surface area contributed by atoms with Crippen LogP contribution in [-0.2, 0) is 25.7 Å². The number of aliphatic hydroxyl groups is 1. The van der Waals surface area contributed by atoms with Crippen LogP contribution in [0.4, 0.5) is 4.39 Å². The zero-order valence-corrected chi connectivity index (χ0v) is 19.4. The van der Waals surface area contributed by atoms with Crippen molar-refractivity contribution < 1.29 is 28.6 Å². The fourth-order valence-corrected chi connectivity index (χ4v) is 4.56. The molecule has 3 fully saturated rings. The second-order valence-corrected chi connectivity index (χ2v) is 8.97. The van der Waals surface area contributed by atoms with Gasteiger partial charge in [0.05, 0.1) is 25.8 Å². The van der Waals surface area contributed by atoms with E-state index >= 15 is 0 Å². The number of aliphatic imine (C=N–C) groups is 1. The van der Waals surface area contributed by atoms with Gasteiger partial charge in [0, 0.05) is 27.7 Å². The number of carbonyl (C=O) groups excluding carboxylic acids is 3. The van der Waals surface area contributed by atoms with Gasteiger partial charge in [-0.15, -0.1) is 0 Å². The van der Waals surface area contributed by atoms with Crippen molar-refractivity contribution >= 4 is 23.6 Å². The van der Waals surface area contributed by atoms with E-state index in [2.05, 4.69) is 10.3 Å². The van der Waals surface area contributed by atoms with Crippen LogP contribution in [0.5, 0.6) is 0 Å². The van der Waals surface area contributed by atoms with Gasteiger partial charge in [-0.2, -0.15) is 0 Å². The van der Waals surface area contributed by atoms with E-state index in [1.165, 1.54) is 43.1 Å². The van der Waals surface area contributed by atoms with Crippen molar-refractivity contribution in [2.45, 2.75) is 31.0 Å². The third-order valence-electron chi connectivity index (χ3n) is 6.60. The minimum atomic E-state index is -1.06. The van der Waals surface area contributed by atoms with Crippen molar-refractivity contribution in [3.63, 3.8) is 0 Å². The highest BCUT2D eigenvalue weighted by Crippen LogP contribution is 2.39. The zero-order chi connectivity index (χ0) is 24.6. The molecule has 2 bridgehead atoms. The van der Waals surface area contributed by atoms with Gasteiger partial charge in [0.15, 0.2) is 5.70 Å². The number of rotatable bonds is 4. The third kappa shape index (κ3) is 4.11. The van der Waals surface area contributed by atoms with Crippen molar-refractivity contribution in [3.05, 3.63) is 47.1 Å². The summed E-state index contributed by atoms with van der Waals surface area (Å²) in [6, 6.07) is 5.62. The summed E-state index contributed by atoms with van der Waals surface area (Å²) in [5, 5.41) is 13.4. The molecule has 2 unspecified atom stereocenters. The Morgan fingerprint density at radius 1 is 1.24 bits per heavy atom. The topological polar surface area (TPSA) is 115 Å². The largest absolute Gasteiger partial charge is 0.508 e. The first-order chi connectivity index (χ1) is 16.1. The van der Waals surface area contributed by atoms with Gasteiger partial charge in [0.25, 0.3) is 5.91 Å². The van der Waals surface area contributed by atoms with Crippen LogP contribution in [0, 0.1) is 5.82 Å². The summed E-state index contributed by atoms with van der Waals surface area (Å²) in [5.74, 6) is -2.13. The Morgan fingerprint density at radius 3 is 2.62 bits per heavy atom. The number of fused-ring (bicyclic) bond motifs is 3. The highest BCUT2D eigenvalue weighted by Gasteiger charge is 2.54. The molecule has 2 N–H and O–H groups in total. The molecule has 0 radical (unpaired) electrons. The van der Waals surface area contributed by atoms with Crippen LogP contribution in [0.15, 0.2) is 40.7 Å².